The van der Waals surface area contributed by atoms with Gasteiger partial charge in [0, 0.05) is 10.2 Å². The Hall–Kier alpha value is -1.54. The number of halogens is 1. The molecule has 0 aliphatic rings. The first-order valence-corrected chi connectivity index (χ1v) is 6.00. The third-order valence-corrected chi connectivity index (χ3v) is 2.77. The van der Waals surface area contributed by atoms with Crippen molar-refractivity contribution in [3.8, 4) is 6.07 Å². The fourth-order valence-electron chi connectivity index (χ4n) is 1.27. The summed E-state index contributed by atoms with van der Waals surface area (Å²) in [5.41, 5.74) is 1.32. The first-order valence-electron chi connectivity index (χ1n) is 5.21. The highest BCUT2D eigenvalue weighted by Crippen LogP contribution is 2.21. The van der Waals surface area contributed by atoms with Gasteiger partial charge in [-0.2, -0.15) is 5.26 Å². The second-order valence-corrected chi connectivity index (χ2v) is 4.28. The standard InChI is InChI=1S/C12H13BrN2O2/c1-3-17-12(16)8(2)15-10-5-4-9(7-14)11(13)6-10/h4-6,8,15H,3H2,1-2H3. The number of nitriles is 1. The summed E-state index contributed by atoms with van der Waals surface area (Å²) in [6, 6.07) is 6.82. The summed E-state index contributed by atoms with van der Waals surface area (Å²) >= 11 is 3.29. The van der Waals surface area contributed by atoms with E-state index in [0.29, 0.717) is 16.6 Å². The highest BCUT2D eigenvalue weighted by molar-refractivity contribution is 9.10. The van der Waals surface area contributed by atoms with Crippen LogP contribution in [0.15, 0.2) is 22.7 Å². The van der Waals surface area contributed by atoms with Gasteiger partial charge in [0.2, 0.25) is 0 Å². The molecule has 0 radical (unpaired) electrons. The second-order valence-electron chi connectivity index (χ2n) is 3.42. The highest BCUT2D eigenvalue weighted by atomic mass is 79.9. The Morgan fingerprint density at radius 1 is 1.65 bits per heavy atom. The van der Waals surface area contributed by atoms with Gasteiger partial charge in [-0.3, -0.25) is 0 Å². The molecule has 5 heteroatoms. The number of carbonyl (C=O) groups is 1. The van der Waals surface area contributed by atoms with Gasteiger partial charge in [-0.1, -0.05) is 0 Å². The van der Waals surface area contributed by atoms with Crippen LogP contribution in [0.5, 0.6) is 0 Å². The van der Waals surface area contributed by atoms with E-state index in [1.54, 1.807) is 32.0 Å². The molecule has 1 atom stereocenters. The van der Waals surface area contributed by atoms with Crippen LogP contribution in [0.1, 0.15) is 19.4 Å². The van der Waals surface area contributed by atoms with E-state index in [2.05, 4.69) is 27.3 Å². The zero-order valence-electron chi connectivity index (χ0n) is 9.66. The topological polar surface area (TPSA) is 62.1 Å². The van der Waals surface area contributed by atoms with Crippen molar-refractivity contribution in [2.45, 2.75) is 19.9 Å². The maximum atomic E-state index is 11.4. The van der Waals surface area contributed by atoms with Crippen LogP contribution in [0.2, 0.25) is 0 Å². The van der Waals surface area contributed by atoms with Crippen LogP contribution in [0.4, 0.5) is 5.69 Å². The predicted molar refractivity (Wildman–Crippen MR) is 68.6 cm³/mol. The molecule has 17 heavy (non-hydrogen) atoms. The quantitative estimate of drug-likeness (QED) is 0.868. The van der Waals surface area contributed by atoms with E-state index >= 15 is 0 Å². The monoisotopic (exact) mass is 296 g/mol. The van der Waals surface area contributed by atoms with Crippen LogP contribution >= 0.6 is 15.9 Å². The van der Waals surface area contributed by atoms with E-state index < -0.39 is 6.04 Å². The maximum Gasteiger partial charge on any atom is 0.328 e. The molecular weight excluding hydrogens is 284 g/mol. The molecule has 90 valence electrons. The van der Waals surface area contributed by atoms with Crippen molar-refractivity contribution in [1.29, 1.82) is 5.26 Å². The predicted octanol–water partition coefficient (Wildman–Crippen LogP) is 2.68. The number of benzene rings is 1. The van der Waals surface area contributed by atoms with Crippen LogP contribution in [0.3, 0.4) is 0 Å². The van der Waals surface area contributed by atoms with Gasteiger partial charge in [-0.25, -0.2) is 4.79 Å². The van der Waals surface area contributed by atoms with E-state index in [0.717, 1.165) is 5.69 Å². The van der Waals surface area contributed by atoms with Crippen LogP contribution in [-0.4, -0.2) is 18.6 Å². The summed E-state index contributed by atoms with van der Waals surface area (Å²) < 4.78 is 5.58. The van der Waals surface area contributed by atoms with Gasteiger partial charge in [0.1, 0.15) is 12.1 Å². The minimum atomic E-state index is -0.421. The summed E-state index contributed by atoms with van der Waals surface area (Å²) in [5, 5.41) is 11.8. The number of ether oxygens (including phenoxy) is 1. The lowest BCUT2D eigenvalue weighted by Crippen LogP contribution is -2.28. The second kappa shape index (κ2) is 6.26. The molecule has 0 saturated heterocycles. The normalized spacial score (nSPS) is 11.4. The first-order chi connectivity index (χ1) is 8.08. The van der Waals surface area contributed by atoms with Gasteiger partial charge < -0.3 is 10.1 Å². The molecule has 0 aliphatic carbocycles. The highest BCUT2D eigenvalue weighted by Gasteiger charge is 2.13. The Bertz CT molecular complexity index is 454. The lowest BCUT2D eigenvalue weighted by Gasteiger charge is -2.14. The Balaban J connectivity index is 2.73. The number of carbonyl (C=O) groups excluding carboxylic acids is 1. The molecule has 0 aromatic heterocycles. The Morgan fingerprint density at radius 3 is 2.88 bits per heavy atom. The Labute approximate surface area is 109 Å². The first kappa shape index (κ1) is 13.5. The van der Waals surface area contributed by atoms with Crippen LogP contribution in [0, 0.1) is 11.3 Å². The van der Waals surface area contributed by atoms with Gasteiger partial charge in [-0.05, 0) is 48.0 Å². The molecule has 1 rings (SSSR count). The van der Waals surface area contributed by atoms with Crippen LogP contribution in [-0.2, 0) is 9.53 Å². The number of nitrogens with one attached hydrogen (secondary N) is 1. The van der Waals surface area contributed by atoms with Crippen LogP contribution in [0.25, 0.3) is 0 Å². The Kier molecular flexibility index (Phi) is 4.98. The average Bonchev–Trinajstić information content (AvgIpc) is 2.29. The van der Waals surface area contributed by atoms with Crippen molar-refractivity contribution in [2.75, 3.05) is 11.9 Å². The van der Waals surface area contributed by atoms with Crippen molar-refractivity contribution < 1.29 is 9.53 Å². The van der Waals surface area contributed by atoms with Crippen molar-refractivity contribution in [2.24, 2.45) is 0 Å². The van der Waals surface area contributed by atoms with Crippen LogP contribution < -0.4 is 5.32 Å². The maximum absolute atomic E-state index is 11.4. The molecule has 0 amide bonds. The fourth-order valence-corrected chi connectivity index (χ4v) is 1.74. The van der Waals surface area contributed by atoms with Crippen molar-refractivity contribution in [1.82, 2.24) is 0 Å². The molecule has 1 aromatic carbocycles. The summed E-state index contributed by atoms with van der Waals surface area (Å²) in [6.45, 7) is 3.86. The van der Waals surface area contributed by atoms with Gasteiger partial charge >= 0.3 is 5.97 Å². The molecular formula is C12H13BrN2O2. The Morgan fingerprint density at radius 2 is 2.35 bits per heavy atom. The zero-order valence-corrected chi connectivity index (χ0v) is 11.2. The van der Waals surface area contributed by atoms with E-state index in [1.807, 2.05) is 0 Å². The number of esters is 1. The van der Waals surface area contributed by atoms with Gasteiger partial charge in [-0.15, -0.1) is 0 Å². The van der Waals surface area contributed by atoms with Gasteiger partial charge in [0.05, 0.1) is 12.2 Å². The van der Waals surface area contributed by atoms with E-state index in [9.17, 15) is 4.79 Å². The molecule has 0 fully saturated rings. The van der Waals surface area contributed by atoms with E-state index in [1.165, 1.54) is 0 Å². The van der Waals surface area contributed by atoms with E-state index in [4.69, 9.17) is 10.00 Å². The SMILES string of the molecule is CCOC(=O)C(C)Nc1ccc(C#N)c(Br)c1. The summed E-state index contributed by atoms with van der Waals surface area (Å²) in [7, 11) is 0. The number of hydrogen-bond donors (Lipinski definition) is 1. The summed E-state index contributed by atoms with van der Waals surface area (Å²) in [6.07, 6.45) is 0. The molecule has 0 saturated carbocycles. The molecule has 1 aromatic rings. The molecule has 1 unspecified atom stereocenters. The van der Waals surface area contributed by atoms with Gasteiger partial charge in [0.15, 0.2) is 0 Å². The summed E-state index contributed by atoms with van der Waals surface area (Å²) in [5.74, 6) is -0.298. The molecule has 0 spiro atoms. The molecule has 1 N–H and O–H groups in total. The van der Waals surface area contributed by atoms with Gasteiger partial charge in [0.25, 0.3) is 0 Å². The van der Waals surface area contributed by atoms with E-state index in [-0.39, 0.29) is 5.97 Å². The van der Waals surface area contributed by atoms with Crippen molar-refractivity contribution in [3.63, 3.8) is 0 Å². The minimum Gasteiger partial charge on any atom is -0.464 e. The number of anilines is 1. The largest absolute Gasteiger partial charge is 0.464 e. The lowest BCUT2D eigenvalue weighted by atomic mass is 10.2. The third kappa shape index (κ3) is 3.75. The van der Waals surface area contributed by atoms with Crippen molar-refractivity contribution >= 4 is 27.6 Å². The average molecular weight is 297 g/mol. The number of hydrogen-bond acceptors (Lipinski definition) is 4. The third-order valence-electron chi connectivity index (χ3n) is 2.11. The van der Waals surface area contributed by atoms with Crippen molar-refractivity contribution in [3.05, 3.63) is 28.2 Å². The molecule has 0 bridgehead atoms. The molecule has 0 aliphatic heterocycles. The minimum absolute atomic E-state index is 0.298. The zero-order chi connectivity index (χ0) is 12.8. The number of nitrogens with zero attached hydrogens (tertiary/aromatic N) is 1. The smallest absolute Gasteiger partial charge is 0.328 e. The molecule has 0 heterocycles. The fraction of sp³-hybridized carbons (Fsp3) is 0.333. The molecule has 4 nitrogen and oxygen atoms in total. The number of rotatable bonds is 4. The summed E-state index contributed by atoms with van der Waals surface area (Å²) in [4.78, 5) is 11.4. The lowest BCUT2D eigenvalue weighted by molar-refractivity contribution is -0.143.